The molecule has 0 radical (unpaired) electrons. The molecule has 0 spiro atoms. The number of hydrogen-bond donors (Lipinski definition) is 2. The predicted molar refractivity (Wildman–Crippen MR) is 131 cm³/mol. The van der Waals surface area contributed by atoms with Crippen LogP contribution in [-0.4, -0.2) is 41.9 Å². The fourth-order valence-corrected chi connectivity index (χ4v) is 3.20. The molecular formula is C22H27F3IN5O. The van der Waals surface area contributed by atoms with Crippen molar-refractivity contribution in [1.82, 2.24) is 20.2 Å². The number of guanidine groups is 1. The number of fused-ring (bicyclic) bond motifs is 1. The number of aromatic nitrogens is 2. The molecule has 32 heavy (non-hydrogen) atoms. The molecule has 6 nitrogen and oxygen atoms in total. The van der Waals surface area contributed by atoms with E-state index in [2.05, 4.69) is 31.2 Å². The standard InChI is InChI=1S/C22H26F3N5O.HI/c1-16-29-19-6-3-4-7-20(19)30(16)13-5-12-27-21(26-2)28-14-17-8-10-18(11-9-17)31-15-22(23,24)25;/h3-4,6-11H,5,12-15H2,1-2H3,(H2,26,27,28);1H. The third-order valence-corrected chi connectivity index (χ3v) is 4.71. The van der Waals surface area contributed by atoms with Gasteiger partial charge < -0.3 is 19.9 Å². The van der Waals surface area contributed by atoms with E-state index in [1.807, 2.05) is 25.1 Å². The third kappa shape index (κ3) is 7.57. The summed E-state index contributed by atoms with van der Waals surface area (Å²) in [7, 11) is 1.69. The fourth-order valence-electron chi connectivity index (χ4n) is 3.20. The van der Waals surface area contributed by atoms with Gasteiger partial charge in [-0.15, -0.1) is 24.0 Å². The number of aliphatic imine (C=N–C) groups is 1. The molecule has 0 amide bonds. The van der Waals surface area contributed by atoms with Crippen LogP contribution in [0, 0.1) is 6.92 Å². The SMILES string of the molecule is CN=C(NCCCn1c(C)nc2ccccc21)NCc1ccc(OCC(F)(F)F)cc1.I. The van der Waals surface area contributed by atoms with E-state index < -0.39 is 12.8 Å². The number of benzene rings is 2. The van der Waals surface area contributed by atoms with Crippen LogP contribution in [0.3, 0.4) is 0 Å². The smallest absolute Gasteiger partial charge is 0.422 e. The molecule has 0 saturated heterocycles. The average Bonchev–Trinajstić information content (AvgIpc) is 3.07. The summed E-state index contributed by atoms with van der Waals surface area (Å²) in [5, 5.41) is 6.47. The van der Waals surface area contributed by atoms with Gasteiger partial charge >= 0.3 is 6.18 Å². The number of alkyl halides is 3. The van der Waals surface area contributed by atoms with Crippen molar-refractivity contribution in [2.45, 2.75) is 32.6 Å². The molecule has 0 bridgehead atoms. The average molecular weight is 561 g/mol. The summed E-state index contributed by atoms with van der Waals surface area (Å²) in [4.78, 5) is 8.78. The topological polar surface area (TPSA) is 63.5 Å². The van der Waals surface area contributed by atoms with Gasteiger partial charge in [-0.25, -0.2) is 4.98 Å². The molecule has 0 fully saturated rings. The van der Waals surface area contributed by atoms with Crippen molar-refractivity contribution < 1.29 is 17.9 Å². The van der Waals surface area contributed by atoms with E-state index in [-0.39, 0.29) is 29.7 Å². The van der Waals surface area contributed by atoms with E-state index in [4.69, 9.17) is 4.74 Å². The monoisotopic (exact) mass is 561 g/mol. The minimum absolute atomic E-state index is 0. The van der Waals surface area contributed by atoms with Crippen LogP contribution in [-0.2, 0) is 13.1 Å². The van der Waals surface area contributed by atoms with Gasteiger partial charge in [-0.2, -0.15) is 13.2 Å². The summed E-state index contributed by atoms with van der Waals surface area (Å²) in [6.45, 7) is 2.78. The van der Waals surface area contributed by atoms with Gasteiger partial charge in [0.1, 0.15) is 11.6 Å². The van der Waals surface area contributed by atoms with Gasteiger partial charge in [-0.05, 0) is 43.2 Å². The second-order valence-electron chi connectivity index (χ2n) is 7.05. The summed E-state index contributed by atoms with van der Waals surface area (Å²) < 4.78 is 43.5. The van der Waals surface area contributed by atoms with Gasteiger partial charge in [0, 0.05) is 26.7 Å². The molecule has 0 aliphatic carbocycles. The maximum atomic E-state index is 12.2. The quantitative estimate of drug-likeness (QED) is 0.182. The van der Waals surface area contributed by atoms with E-state index in [9.17, 15) is 13.2 Å². The van der Waals surface area contributed by atoms with Crippen molar-refractivity contribution in [1.29, 1.82) is 0 Å². The lowest BCUT2D eigenvalue weighted by atomic mass is 10.2. The Morgan fingerprint density at radius 3 is 2.50 bits per heavy atom. The Morgan fingerprint density at radius 2 is 1.81 bits per heavy atom. The lowest BCUT2D eigenvalue weighted by Gasteiger charge is -2.13. The van der Waals surface area contributed by atoms with Crippen LogP contribution >= 0.6 is 24.0 Å². The fraction of sp³-hybridized carbons (Fsp3) is 0.364. The van der Waals surface area contributed by atoms with E-state index in [1.165, 1.54) is 12.1 Å². The normalized spacial score (nSPS) is 11.8. The Morgan fingerprint density at radius 1 is 1.09 bits per heavy atom. The lowest BCUT2D eigenvalue weighted by molar-refractivity contribution is -0.153. The highest BCUT2D eigenvalue weighted by Crippen LogP contribution is 2.19. The van der Waals surface area contributed by atoms with E-state index in [0.29, 0.717) is 12.5 Å². The molecule has 10 heteroatoms. The largest absolute Gasteiger partial charge is 0.484 e. The number of ether oxygens (including phenoxy) is 1. The Hall–Kier alpha value is -2.50. The van der Waals surface area contributed by atoms with Gasteiger partial charge in [-0.1, -0.05) is 24.3 Å². The van der Waals surface area contributed by atoms with Crippen molar-refractivity contribution in [3.8, 4) is 5.75 Å². The summed E-state index contributed by atoms with van der Waals surface area (Å²) in [6, 6.07) is 14.6. The minimum Gasteiger partial charge on any atom is -0.484 e. The lowest BCUT2D eigenvalue weighted by Crippen LogP contribution is -2.37. The molecule has 174 valence electrons. The van der Waals surface area contributed by atoms with Crippen LogP contribution < -0.4 is 15.4 Å². The molecule has 0 aliphatic heterocycles. The molecule has 1 aromatic heterocycles. The number of para-hydroxylation sites is 2. The molecule has 2 aromatic carbocycles. The van der Waals surface area contributed by atoms with E-state index >= 15 is 0 Å². The van der Waals surface area contributed by atoms with Gasteiger partial charge in [0.25, 0.3) is 0 Å². The maximum absolute atomic E-state index is 12.2. The predicted octanol–water partition coefficient (Wildman–Crippen LogP) is 4.66. The van der Waals surface area contributed by atoms with Crippen LogP contribution in [0.2, 0.25) is 0 Å². The molecule has 3 rings (SSSR count). The summed E-state index contributed by atoms with van der Waals surface area (Å²) in [6.07, 6.45) is -3.45. The van der Waals surface area contributed by atoms with Crippen molar-refractivity contribution in [2.75, 3.05) is 20.2 Å². The van der Waals surface area contributed by atoms with Gasteiger partial charge in [0.05, 0.1) is 11.0 Å². The summed E-state index contributed by atoms with van der Waals surface area (Å²) in [5.41, 5.74) is 3.04. The van der Waals surface area contributed by atoms with E-state index in [1.54, 1.807) is 19.2 Å². The molecule has 0 atom stereocenters. The molecule has 0 unspecified atom stereocenters. The zero-order chi connectivity index (χ0) is 22.3. The zero-order valence-electron chi connectivity index (χ0n) is 17.9. The summed E-state index contributed by atoms with van der Waals surface area (Å²) >= 11 is 0. The van der Waals surface area contributed by atoms with Gasteiger partial charge in [0.15, 0.2) is 12.6 Å². The van der Waals surface area contributed by atoms with E-state index in [0.717, 1.165) is 41.9 Å². The first-order chi connectivity index (χ1) is 14.9. The first-order valence-corrected chi connectivity index (χ1v) is 10.0. The number of nitrogens with zero attached hydrogens (tertiary/aromatic N) is 3. The highest BCUT2D eigenvalue weighted by Gasteiger charge is 2.28. The van der Waals surface area contributed by atoms with Gasteiger partial charge in [0.2, 0.25) is 0 Å². The summed E-state index contributed by atoms with van der Waals surface area (Å²) in [5.74, 6) is 1.84. The number of rotatable bonds is 8. The molecule has 0 aliphatic rings. The highest BCUT2D eigenvalue weighted by atomic mass is 127. The van der Waals surface area contributed by atoms with Crippen LogP contribution in [0.5, 0.6) is 5.75 Å². The first-order valence-electron chi connectivity index (χ1n) is 10.0. The van der Waals surface area contributed by atoms with Crippen molar-refractivity contribution >= 4 is 41.0 Å². The maximum Gasteiger partial charge on any atom is 0.422 e. The Kier molecular flexibility index (Phi) is 9.60. The minimum atomic E-state index is -4.35. The Labute approximate surface area is 202 Å². The molecule has 1 heterocycles. The van der Waals surface area contributed by atoms with Crippen molar-refractivity contribution in [3.63, 3.8) is 0 Å². The number of hydrogen-bond acceptors (Lipinski definition) is 3. The van der Waals surface area contributed by atoms with Crippen LogP contribution in [0.4, 0.5) is 13.2 Å². The third-order valence-electron chi connectivity index (χ3n) is 4.71. The second kappa shape index (κ2) is 11.9. The molecule has 2 N–H and O–H groups in total. The molecular weight excluding hydrogens is 534 g/mol. The van der Waals surface area contributed by atoms with Gasteiger partial charge in [-0.3, -0.25) is 4.99 Å². The van der Waals surface area contributed by atoms with Crippen LogP contribution in [0.15, 0.2) is 53.5 Å². The van der Waals surface area contributed by atoms with Crippen LogP contribution in [0.25, 0.3) is 11.0 Å². The number of aryl methyl sites for hydroxylation is 2. The highest BCUT2D eigenvalue weighted by molar-refractivity contribution is 14.0. The Balaban J connectivity index is 0.00000363. The number of nitrogens with one attached hydrogen (secondary N) is 2. The molecule has 0 saturated carbocycles. The first kappa shape index (κ1) is 25.8. The van der Waals surface area contributed by atoms with Crippen molar-refractivity contribution in [2.24, 2.45) is 4.99 Å². The molecule has 3 aromatic rings. The number of imidazole rings is 1. The van der Waals surface area contributed by atoms with Crippen LogP contribution in [0.1, 0.15) is 17.8 Å². The second-order valence-corrected chi connectivity index (χ2v) is 7.05. The van der Waals surface area contributed by atoms with Crippen molar-refractivity contribution in [3.05, 3.63) is 59.9 Å². The number of halogens is 4. The Bertz CT molecular complexity index is 1020. The zero-order valence-corrected chi connectivity index (χ0v) is 20.3.